The minimum absolute atomic E-state index is 0.332. The van der Waals surface area contributed by atoms with Crippen LogP contribution in [0.15, 0.2) is 35.5 Å². The quantitative estimate of drug-likeness (QED) is 0.456. The molecule has 0 radical (unpaired) electrons. The van der Waals surface area contributed by atoms with Gasteiger partial charge in [-0.1, -0.05) is 42.4 Å². The highest BCUT2D eigenvalue weighted by Crippen LogP contribution is 2.06. The molecule has 0 aromatic heterocycles. The molecule has 1 aromatic carbocycles. The topological polar surface area (TPSA) is 47.9 Å². The van der Waals surface area contributed by atoms with Crippen LogP contribution in [-0.4, -0.2) is 20.0 Å². The Kier molecular flexibility index (Phi) is 5.76. The molecule has 0 aliphatic carbocycles. The van der Waals surface area contributed by atoms with Gasteiger partial charge in [-0.2, -0.15) is 0 Å². The number of oxime groups is 1. The van der Waals surface area contributed by atoms with E-state index in [0.717, 1.165) is 5.56 Å². The lowest BCUT2D eigenvalue weighted by molar-refractivity contribution is -0.128. The van der Waals surface area contributed by atoms with E-state index in [1.165, 1.54) is 0 Å². The Morgan fingerprint density at radius 1 is 1.21 bits per heavy atom. The predicted molar refractivity (Wildman–Crippen MR) is 78.4 cm³/mol. The average Bonchev–Trinajstić information content (AvgIpc) is 2.33. The van der Waals surface area contributed by atoms with Crippen molar-refractivity contribution in [3.63, 3.8) is 0 Å². The molecular weight excluding hydrogens is 258 g/mol. The second kappa shape index (κ2) is 7.09. The van der Waals surface area contributed by atoms with Crippen LogP contribution < -0.4 is 0 Å². The van der Waals surface area contributed by atoms with E-state index in [1.54, 1.807) is 0 Å². The van der Waals surface area contributed by atoms with Gasteiger partial charge in [0, 0.05) is 0 Å². The molecule has 0 N–H and O–H groups in total. The van der Waals surface area contributed by atoms with Gasteiger partial charge in [-0.15, -0.1) is 0 Å². The maximum atomic E-state index is 11.8. The maximum absolute atomic E-state index is 11.8. The van der Waals surface area contributed by atoms with Crippen molar-refractivity contribution in [3.05, 3.63) is 35.9 Å². The first-order valence-corrected chi connectivity index (χ1v) is 9.79. The summed E-state index contributed by atoms with van der Waals surface area (Å²) in [4.78, 5) is 17.0. The highest BCUT2D eigenvalue weighted by atomic mass is 28.4. The van der Waals surface area contributed by atoms with E-state index in [2.05, 4.69) is 5.16 Å². The fourth-order valence-electron chi connectivity index (χ4n) is 1.34. The Bertz CT molecular complexity index is 438. The molecule has 0 saturated heterocycles. The summed E-state index contributed by atoms with van der Waals surface area (Å²) in [6, 6.07) is 9.70. The van der Waals surface area contributed by atoms with E-state index in [9.17, 15) is 4.79 Å². The number of carbonyl (C=O) groups excluding carboxylic acids is 1. The summed E-state index contributed by atoms with van der Waals surface area (Å²) in [5, 5.41) is 3.89. The van der Waals surface area contributed by atoms with Crippen LogP contribution in [0.5, 0.6) is 0 Å². The first-order valence-electron chi connectivity index (χ1n) is 6.38. The third-order valence-electron chi connectivity index (χ3n) is 2.22. The summed E-state index contributed by atoms with van der Waals surface area (Å²) in [7, 11) is -1.89. The molecule has 19 heavy (non-hydrogen) atoms. The van der Waals surface area contributed by atoms with Gasteiger partial charge in [-0.05, 0) is 31.6 Å². The van der Waals surface area contributed by atoms with Crippen molar-refractivity contribution in [1.82, 2.24) is 0 Å². The van der Waals surface area contributed by atoms with Crippen molar-refractivity contribution in [1.29, 1.82) is 0 Å². The molecule has 0 heterocycles. The minimum Gasteiger partial charge on any atom is -0.515 e. The zero-order valence-electron chi connectivity index (χ0n) is 12.0. The molecule has 1 aromatic rings. The van der Waals surface area contributed by atoms with Crippen LogP contribution in [0.1, 0.15) is 18.9 Å². The average molecular weight is 279 g/mol. The number of benzene rings is 1. The van der Waals surface area contributed by atoms with Gasteiger partial charge in [0.25, 0.3) is 0 Å². The van der Waals surface area contributed by atoms with Gasteiger partial charge in [0.1, 0.15) is 6.61 Å². The van der Waals surface area contributed by atoms with Gasteiger partial charge in [-0.25, -0.2) is 4.79 Å². The van der Waals surface area contributed by atoms with E-state index >= 15 is 0 Å². The number of rotatable bonds is 6. The van der Waals surface area contributed by atoms with Crippen molar-refractivity contribution in [2.45, 2.75) is 39.6 Å². The minimum atomic E-state index is -1.89. The molecule has 0 bridgehead atoms. The third-order valence-corrected chi connectivity index (χ3v) is 3.02. The first kappa shape index (κ1) is 15.4. The fraction of sp³-hybridized carbons (Fsp3) is 0.429. The molecule has 0 aliphatic rings. The van der Waals surface area contributed by atoms with Gasteiger partial charge in [0.15, 0.2) is 5.71 Å². The fourth-order valence-corrected chi connectivity index (χ4v) is 2.02. The number of carbonyl (C=O) groups is 1. The zero-order chi connectivity index (χ0) is 14.3. The third kappa shape index (κ3) is 6.19. The standard InChI is InChI=1S/C14H21NO3Si/c1-5-13(14(16)18-19(2,3)4)15-17-11-12-9-7-6-8-10-12/h6-10H,5,11H2,1-4H3. The number of hydrogen-bond acceptors (Lipinski definition) is 4. The van der Waals surface area contributed by atoms with Crippen molar-refractivity contribution in [2.75, 3.05) is 0 Å². The number of hydrogen-bond donors (Lipinski definition) is 0. The van der Waals surface area contributed by atoms with Gasteiger partial charge >= 0.3 is 5.97 Å². The predicted octanol–water partition coefficient (Wildman–Crippen LogP) is 3.35. The van der Waals surface area contributed by atoms with Crippen LogP contribution in [0.3, 0.4) is 0 Å². The Hall–Kier alpha value is -1.62. The Morgan fingerprint density at radius 3 is 2.37 bits per heavy atom. The van der Waals surface area contributed by atoms with Crippen molar-refractivity contribution >= 4 is 20.0 Å². The van der Waals surface area contributed by atoms with Crippen LogP contribution >= 0.6 is 0 Å². The van der Waals surface area contributed by atoms with Gasteiger partial charge in [0.05, 0.1) is 0 Å². The Morgan fingerprint density at radius 2 is 1.84 bits per heavy atom. The van der Waals surface area contributed by atoms with E-state index in [-0.39, 0.29) is 5.97 Å². The highest BCUT2D eigenvalue weighted by molar-refractivity contribution is 6.72. The van der Waals surface area contributed by atoms with Crippen LogP contribution in [0.25, 0.3) is 0 Å². The molecule has 104 valence electrons. The van der Waals surface area contributed by atoms with Crippen molar-refractivity contribution < 1.29 is 14.1 Å². The van der Waals surface area contributed by atoms with Gasteiger partial charge in [-0.3, -0.25) is 0 Å². The van der Waals surface area contributed by atoms with E-state index in [1.807, 2.05) is 56.9 Å². The number of nitrogens with zero attached hydrogens (tertiary/aromatic N) is 1. The molecule has 0 fully saturated rings. The summed E-state index contributed by atoms with van der Waals surface area (Å²) < 4.78 is 5.38. The van der Waals surface area contributed by atoms with Gasteiger partial charge in [0.2, 0.25) is 8.32 Å². The lowest BCUT2D eigenvalue weighted by Gasteiger charge is -2.17. The summed E-state index contributed by atoms with van der Waals surface area (Å²) in [6.07, 6.45) is 0.498. The van der Waals surface area contributed by atoms with Crippen molar-refractivity contribution in [2.24, 2.45) is 5.16 Å². The molecular formula is C14H21NO3Si. The van der Waals surface area contributed by atoms with Gasteiger partial charge < -0.3 is 9.26 Å². The Labute approximate surface area is 115 Å². The Balaban J connectivity index is 2.55. The van der Waals surface area contributed by atoms with Crippen LogP contribution in [-0.2, 0) is 20.7 Å². The second-order valence-electron chi connectivity index (χ2n) is 5.15. The monoisotopic (exact) mass is 279 g/mol. The summed E-state index contributed by atoms with van der Waals surface area (Å²) in [5.41, 5.74) is 1.35. The lowest BCUT2D eigenvalue weighted by atomic mass is 10.2. The zero-order valence-corrected chi connectivity index (χ0v) is 13.0. The highest BCUT2D eigenvalue weighted by Gasteiger charge is 2.23. The molecule has 1 rings (SSSR count). The second-order valence-corrected chi connectivity index (χ2v) is 9.58. The smallest absolute Gasteiger partial charge is 0.342 e. The molecule has 0 atom stereocenters. The summed E-state index contributed by atoms with van der Waals surface area (Å²) >= 11 is 0. The SMILES string of the molecule is CCC(=NOCc1ccccc1)C(=O)O[Si](C)(C)C. The van der Waals surface area contributed by atoms with Crippen LogP contribution in [0.4, 0.5) is 0 Å². The van der Waals surface area contributed by atoms with Crippen molar-refractivity contribution in [3.8, 4) is 0 Å². The summed E-state index contributed by atoms with van der Waals surface area (Å²) in [6.45, 7) is 8.09. The molecule has 0 amide bonds. The van der Waals surface area contributed by atoms with Crippen LogP contribution in [0, 0.1) is 0 Å². The van der Waals surface area contributed by atoms with Crippen LogP contribution in [0.2, 0.25) is 19.6 Å². The molecule has 0 aliphatic heterocycles. The molecule has 0 unspecified atom stereocenters. The largest absolute Gasteiger partial charge is 0.515 e. The molecule has 4 nitrogen and oxygen atoms in total. The molecule has 5 heteroatoms. The van der Waals surface area contributed by atoms with E-state index < -0.39 is 8.32 Å². The maximum Gasteiger partial charge on any atom is 0.342 e. The molecule has 0 saturated carbocycles. The summed E-state index contributed by atoms with van der Waals surface area (Å²) in [5.74, 6) is -0.366. The molecule has 0 spiro atoms. The first-order chi connectivity index (χ1) is 8.92. The van der Waals surface area contributed by atoms with E-state index in [0.29, 0.717) is 18.7 Å². The van der Waals surface area contributed by atoms with E-state index in [4.69, 9.17) is 9.26 Å². The normalized spacial score (nSPS) is 12.1. The lowest BCUT2D eigenvalue weighted by Crippen LogP contribution is -2.33.